The molecule has 2 aromatic carbocycles. The van der Waals surface area contributed by atoms with Crippen LogP contribution in [0.25, 0.3) is 0 Å². The molecule has 0 aliphatic heterocycles. The molecule has 0 radical (unpaired) electrons. The molecule has 9 nitrogen and oxygen atoms in total. The van der Waals surface area contributed by atoms with E-state index in [2.05, 4.69) is 0 Å². The number of aliphatic hydroxyl groups is 2. The van der Waals surface area contributed by atoms with E-state index in [1.54, 1.807) is 0 Å². The number of benzene rings is 2. The van der Waals surface area contributed by atoms with Crippen LogP contribution < -0.4 is 0 Å². The molecule has 0 saturated heterocycles. The minimum atomic E-state index is -1.78. The largest absolute Gasteiger partial charge is 0.396 e. The predicted octanol–water partition coefficient (Wildman–Crippen LogP) is 1.74. The van der Waals surface area contributed by atoms with E-state index in [9.17, 15) is 34.7 Å². The Morgan fingerprint density at radius 1 is 0.808 bits per heavy atom. The molecule has 0 bridgehead atoms. The van der Waals surface area contributed by atoms with E-state index in [0.717, 1.165) is 0 Å². The standard InChI is InChI=1S/C16H16N2O7S/c19-7-5-11-9-13(17(21)22)1-3-15(11)26(25)16-4-2-14(18(23)24)10-12(16)6-8-20/h1-4,9-10,19-20H,5-8H2. The van der Waals surface area contributed by atoms with Gasteiger partial charge in [0.05, 0.1) is 20.6 Å². The molecule has 0 unspecified atom stereocenters. The van der Waals surface area contributed by atoms with E-state index in [1.807, 2.05) is 0 Å². The van der Waals surface area contributed by atoms with Crippen LogP contribution in [-0.4, -0.2) is 37.5 Å². The third kappa shape index (κ3) is 4.28. The maximum absolute atomic E-state index is 13.0. The molecule has 0 saturated carbocycles. The van der Waals surface area contributed by atoms with Crippen molar-refractivity contribution >= 4 is 22.2 Å². The fraction of sp³-hybridized carbons (Fsp3) is 0.250. The zero-order valence-electron chi connectivity index (χ0n) is 13.5. The van der Waals surface area contributed by atoms with Crippen molar-refractivity contribution in [3.63, 3.8) is 0 Å². The van der Waals surface area contributed by atoms with Gasteiger partial charge in [-0.25, -0.2) is 4.21 Å². The molecule has 0 aliphatic rings. The van der Waals surface area contributed by atoms with Crippen LogP contribution in [0.2, 0.25) is 0 Å². The molecule has 0 fully saturated rings. The van der Waals surface area contributed by atoms with Gasteiger partial charge in [0.25, 0.3) is 11.4 Å². The summed E-state index contributed by atoms with van der Waals surface area (Å²) in [5.41, 5.74) is 0.337. The molecule has 10 heteroatoms. The van der Waals surface area contributed by atoms with E-state index in [0.29, 0.717) is 11.1 Å². The highest BCUT2D eigenvalue weighted by Gasteiger charge is 2.20. The van der Waals surface area contributed by atoms with Crippen molar-refractivity contribution in [2.45, 2.75) is 22.6 Å². The number of hydrogen-bond acceptors (Lipinski definition) is 7. The molecule has 0 aromatic heterocycles. The lowest BCUT2D eigenvalue weighted by molar-refractivity contribution is -0.385. The number of hydrogen-bond donors (Lipinski definition) is 2. The van der Waals surface area contributed by atoms with Crippen molar-refractivity contribution in [3.8, 4) is 0 Å². The molecule has 2 aromatic rings. The van der Waals surface area contributed by atoms with Crippen molar-refractivity contribution in [1.82, 2.24) is 0 Å². The number of non-ortho nitro benzene ring substituents is 2. The molecule has 2 rings (SSSR count). The average molecular weight is 380 g/mol. The SMILES string of the molecule is O=[N+]([O-])c1ccc(S(=O)c2ccc([N+](=O)[O-])cc2CCO)c(CCO)c1. The van der Waals surface area contributed by atoms with Crippen LogP contribution in [0.5, 0.6) is 0 Å². The first-order chi connectivity index (χ1) is 12.4. The van der Waals surface area contributed by atoms with Crippen LogP contribution in [0, 0.1) is 20.2 Å². The van der Waals surface area contributed by atoms with Gasteiger partial charge in [-0.2, -0.15) is 0 Å². The van der Waals surface area contributed by atoms with Crippen LogP contribution in [0.4, 0.5) is 11.4 Å². The highest BCUT2D eigenvalue weighted by molar-refractivity contribution is 7.85. The zero-order valence-corrected chi connectivity index (χ0v) is 14.3. The second kappa shape index (κ2) is 8.61. The lowest BCUT2D eigenvalue weighted by Crippen LogP contribution is -2.06. The molecule has 138 valence electrons. The smallest absolute Gasteiger partial charge is 0.269 e. The Morgan fingerprint density at radius 3 is 1.50 bits per heavy atom. The summed E-state index contributed by atoms with van der Waals surface area (Å²) in [6.07, 6.45) is 0.149. The lowest BCUT2D eigenvalue weighted by atomic mass is 10.1. The second-order valence-electron chi connectivity index (χ2n) is 5.31. The van der Waals surface area contributed by atoms with Crippen LogP contribution in [0.3, 0.4) is 0 Å². The molecule has 0 heterocycles. The summed E-state index contributed by atoms with van der Waals surface area (Å²) < 4.78 is 13.0. The normalized spacial score (nSPS) is 10.9. The van der Waals surface area contributed by atoms with E-state index in [1.165, 1.54) is 36.4 Å². The molecular formula is C16H16N2O7S. The van der Waals surface area contributed by atoms with Crippen molar-refractivity contribution in [2.75, 3.05) is 13.2 Å². The summed E-state index contributed by atoms with van der Waals surface area (Å²) in [5, 5.41) is 40.2. The number of rotatable bonds is 8. The first-order valence-corrected chi connectivity index (χ1v) is 8.72. The van der Waals surface area contributed by atoms with Gasteiger partial charge in [-0.3, -0.25) is 20.2 Å². The molecule has 0 spiro atoms. The lowest BCUT2D eigenvalue weighted by Gasteiger charge is -2.12. The van der Waals surface area contributed by atoms with Crippen LogP contribution in [0.1, 0.15) is 11.1 Å². The van der Waals surface area contributed by atoms with Crippen LogP contribution >= 0.6 is 0 Å². The maximum Gasteiger partial charge on any atom is 0.269 e. The van der Waals surface area contributed by atoms with Crippen molar-refractivity contribution < 1.29 is 24.3 Å². The maximum atomic E-state index is 13.0. The van der Waals surface area contributed by atoms with Gasteiger partial charge in [0, 0.05) is 47.3 Å². The minimum absolute atomic E-state index is 0.0745. The fourth-order valence-electron chi connectivity index (χ4n) is 2.47. The van der Waals surface area contributed by atoms with Gasteiger partial charge in [-0.15, -0.1) is 0 Å². The molecule has 2 N–H and O–H groups in total. The highest BCUT2D eigenvalue weighted by atomic mass is 32.2. The number of nitro benzene ring substituents is 2. The molecule has 26 heavy (non-hydrogen) atoms. The van der Waals surface area contributed by atoms with Gasteiger partial charge in [0.2, 0.25) is 0 Å². The highest BCUT2D eigenvalue weighted by Crippen LogP contribution is 2.29. The zero-order chi connectivity index (χ0) is 19.3. The number of nitro groups is 2. The fourth-order valence-corrected chi connectivity index (χ4v) is 3.89. The first kappa shape index (κ1) is 19.6. The molecule has 0 atom stereocenters. The van der Waals surface area contributed by atoms with Gasteiger partial charge in [0.15, 0.2) is 0 Å². The molecule has 0 amide bonds. The summed E-state index contributed by atoms with van der Waals surface area (Å²) in [7, 11) is -1.78. The predicted molar refractivity (Wildman–Crippen MR) is 92.4 cm³/mol. The number of aliphatic hydroxyl groups excluding tert-OH is 2. The van der Waals surface area contributed by atoms with Crippen LogP contribution in [-0.2, 0) is 23.6 Å². The van der Waals surface area contributed by atoms with E-state index in [4.69, 9.17) is 0 Å². The monoisotopic (exact) mass is 380 g/mol. The Bertz CT molecular complexity index is 800. The first-order valence-electron chi connectivity index (χ1n) is 7.57. The quantitative estimate of drug-likeness (QED) is 0.524. The van der Waals surface area contributed by atoms with Gasteiger partial charge < -0.3 is 10.2 Å². The Kier molecular flexibility index (Phi) is 6.50. The minimum Gasteiger partial charge on any atom is -0.396 e. The van der Waals surface area contributed by atoms with Crippen molar-refractivity contribution in [3.05, 3.63) is 67.8 Å². The number of nitrogens with zero attached hydrogens (tertiary/aromatic N) is 2. The Balaban J connectivity index is 2.54. The van der Waals surface area contributed by atoms with Crippen LogP contribution in [0.15, 0.2) is 46.2 Å². The Morgan fingerprint density at radius 2 is 1.19 bits per heavy atom. The second-order valence-corrected chi connectivity index (χ2v) is 6.73. The third-order valence-corrected chi connectivity index (χ3v) is 5.27. The van der Waals surface area contributed by atoms with Gasteiger partial charge >= 0.3 is 0 Å². The summed E-state index contributed by atoms with van der Waals surface area (Å²) in [6, 6.07) is 7.63. The topological polar surface area (TPSA) is 144 Å². The molecular weight excluding hydrogens is 364 g/mol. The van der Waals surface area contributed by atoms with E-state index >= 15 is 0 Å². The van der Waals surface area contributed by atoms with E-state index in [-0.39, 0.29) is 47.2 Å². The molecule has 0 aliphatic carbocycles. The summed E-state index contributed by atoms with van der Waals surface area (Å²) >= 11 is 0. The van der Waals surface area contributed by atoms with Gasteiger partial charge in [0.1, 0.15) is 0 Å². The third-order valence-electron chi connectivity index (χ3n) is 3.67. The van der Waals surface area contributed by atoms with Crippen molar-refractivity contribution in [2.24, 2.45) is 0 Å². The van der Waals surface area contributed by atoms with Gasteiger partial charge in [-0.1, -0.05) is 0 Å². The Hall–Kier alpha value is -2.69. The summed E-state index contributed by atoms with van der Waals surface area (Å²) in [6.45, 7) is -0.565. The average Bonchev–Trinajstić information content (AvgIpc) is 2.61. The summed E-state index contributed by atoms with van der Waals surface area (Å²) in [5.74, 6) is 0. The van der Waals surface area contributed by atoms with Gasteiger partial charge in [-0.05, 0) is 36.1 Å². The summed E-state index contributed by atoms with van der Waals surface area (Å²) in [4.78, 5) is 21.2. The van der Waals surface area contributed by atoms with E-state index < -0.39 is 20.6 Å². The van der Waals surface area contributed by atoms with Crippen molar-refractivity contribution in [1.29, 1.82) is 0 Å². The Labute approximate surface area is 150 Å².